The summed E-state index contributed by atoms with van der Waals surface area (Å²) in [7, 11) is 0. The van der Waals surface area contributed by atoms with Crippen molar-refractivity contribution in [3.05, 3.63) is 107 Å². The molecule has 1 unspecified atom stereocenters. The van der Waals surface area contributed by atoms with E-state index < -0.39 is 5.91 Å². The molecule has 202 valence electrons. The van der Waals surface area contributed by atoms with Crippen molar-refractivity contribution in [3.8, 4) is 11.1 Å². The molecule has 1 atom stereocenters. The Bertz CT molecular complexity index is 1740. The minimum atomic E-state index is -0.468. The third kappa shape index (κ3) is 4.54. The minimum Gasteiger partial charge on any atom is -0.396 e. The maximum atomic E-state index is 13.2. The topological polar surface area (TPSA) is 128 Å². The summed E-state index contributed by atoms with van der Waals surface area (Å²) in [5.41, 5.74) is 10.1. The molecule has 40 heavy (non-hydrogen) atoms. The molecule has 9 nitrogen and oxygen atoms in total. The molecule has 6 rings (SSSR count). The number of amides is 1. The zero-order valence-corrected chi connectivity index (χ0v) is 22.1. The first-order valence-corrected chi connectivity index (χ1v) is 13.3. The number of rotatable bonds is 7. The highest BCUT2D eigenvalue weighted by molar-refractivity contribution is 6.04. The number of hydrogen-bond donors (Lipinski definition) is 3. The van der Waals surface area contributed by atoms with Crippen LogP contribution in [-0.4, -0.2) is 36.7 Å². The summed E-state index contributed by atoms with van der Waals surface area (Å²) in [6.07, 6.45) is 6.99. The van der Waals surface area contributed by atoms with Crippen LogP contribution in [0.15, 0.2) is 90.2 Å². The molecule has 0 spiro atoms. The Labute approximate surface area is 230 Å². The zero-order chi connectivity index (χ0) is 27.8. The van der Waals surface area contributed by atoms with Crippen LogP contribution in [0.25, 0.3) is 22.2 Å². The monoisotopic (exact) mass is 534 g/mol. The van der Waals surface area contributed by atoms with Gasteiger partial charge in [-0.25, -0.2) is 9.97 Å². The molecule has 0 saturated heterocycles. The van der Waals surface area contributed by atoms with Gasteiger partial charge in [0, 0.05) is 36.3 Å². The fourth-order valence-corrected chi connectivity index (χ4v) is 5.49. The normalized spacial score (nSPS) is 17.4. The number of carbonyl (C=O) groups is 1. The third-order valence-electron chi connectivity index (χ3n) is 7.87. The Morgan fingerprint density at radius 3 is 2.55 bits per heavy atom. The largest absolute Gasteiger partial charge is 0.396 e. The highest BCUT2D eigenvalue weighted by atomic mass is 16.3. The van der Waals surface area contributed by atoms with Crippen molar-refractivity contribution in [2.24, 2.45) is 5.92 Å². The second-order valence-electron chi connectivity index (χ2n) is 10.3. The molecule has 5 aromatic rings. The second-order valence-corrected chi connectivity index (χ2v) is 10.3. The number of hydrogen-bond acceptors (Lipinski definition) is 6. The first-order valence-electron chi connectivity index (χ1n) is 13.3. The lowest BCUT2D eigenvalue weighted by Crippen LogP contribution is -2.30. The summed E-state index contributed by atoms with van der Waals surface area (Å²) >= 11 is 0. The van der Waals surface area contributed by atoms with Gasteiger partial charge < -0.3 is 25.3 Å². The van der Waals surface area contributed by atoms with E-state index >= 15 is 0 Å². The van der Waals surface area contributed by atoms with E-state index in [1.165, 1.54) is 6.33 Å². The van der Waals surface area contributed by atoms with Crippen LogP contribution in [0.4, 0.5) is 11.5 Å². The van der Waals surface area contributed by atoms with Crippen LogP contribution in [0.5, 0.6) is 0 Å². The number of nitrogens with two attached hydrogens (primary N) is 1. The van der Waals surface area contributed by atoms with Gasteiger partial charge in [-0.05, 0) is 61.1 Å². The fraction of sp³-hybridized carbons (Fsp3) is 0.226. The number of aromatic nitrogens is 4. The van der Waals surface area contributed by atoms with Crippen LogP contribution >= 0.6 is 0 Å². The SMILES string of the molecule is CC(c1ccccc1)n1cccc(C(=O)Nc2ccc(-c3cn([C@H]4C[C@@H](CO)C4)c4ncnc(N)c34)cc2)c1=O. The van der Waals surface area contributed by atoms with Crippen LogP contribution in [0.1, 0.15) is 47.8 Å². The predicted octanol–water partition coefficient (Wildman–Crippen LogP) is 4.65. The number of benzene rings is 2. The summed E-state index contributed by atoms with van der Waals surface area (Å²) in [5, 5.41) is 13.1. The van der Waals surface area contributed by atoms with E-state index in [4.69, 9.17) is 5.73 Å². The van der Waals surface area contributed by atoms with Crippen molar-refractivity contribution in [3.63, 3.8) is 0 Å². The first-order chi connectivity index (χ1) is 19.4. The molecular formula is C31H30N6O3. The number of nitrogen functional groups attached to an aromatic ring is 1. The zero-order valence-electron chi connectivity index (χ0n) is 22.1. The Hall–Kier alpha value is -4.76. The average Bonchev–Trinajstić information content (AvgIpc) is 3.33. The van der Waals surface area contributed by atoms with Crippen molar-refractivity contribution < 1.29 is 9.90 Å². The lowest BCUT2D eigenvalue weighted by atomic mass is 9.81. The smallest absolute Gasteiger partial charge is 0.263 e. The van der Waals surface area contributed by atoms with Crippen molar-refractivity contribution in [2.75, 3.05) is 17.7 Å². The number of fused-ring (bicyclic) bond motifs is 1. The standard InChI is InChI=1S/C31H30N6O3/c1-19(21-6-3-2-4-7-21)36-13-5-8-25(31(36)40)30(39)35-23-11-9-22(10-12-23)26-16-37(24-14-20(15-24)17-38)29-27(26)28(32)33-18-34-29/h2-13,16,18-20,24,38H,14-15,17H2,1H3,(H,35,39)(H2,32,33,34)/t19?,20-,24+. The number of nitrogens with zero attached hydrogens (tertiary/aromatic N) is 4. The van der Waals surface area contributed by atoms with Crippen molar-refractivity contribution in [1.82, 2.24) is 19.1 Å². The summed E-state index contributed by atoms with van der Waals surface area (Å²) in [4.78, 5) is 35.0. The molecule has 3 heterocycles. The molecule has 0 bridgehead atoms. The summed E-state index contributed by atoms with van der Waals surface area (Å²) in [6.45, 7) is 2.12. The molecule has 1 aliphatic carbocycles. The highest BCUT2D eigenvalue weighted by Crippen LogP contribution is 2.42. The van der Waals surface area contributed by atoms with Gasteiger partial charge >= 0.3 is 0 Å². The Morgan fingerprint density at radius 1 is 1.07 bits per heavy atom. The van der Waals surface area contributed by atoms with E-state index in [-0.39, 0.29) is 29.8 Å². The van der Waals surface area contributed by atoms with Gasteiger partial charge in [0.05, 0.1) is 11.4 Å². The molecule has 2 aromatic carbocycles. The lowest BCUT2D eigenvalue weighted by Gasteiger charge is -2.35. The van der Waals surface area contributed by atoms with E-state index in [2.05, 4.69) is 19.9 Å². The molecule has 3 aromatic heterocycles. The van der Waals surface area contributed by atoms with Gasteiger partial charge in [-0.15, -0.1) is 0 Å². The third-order valence-corrected chi connectivity index (χ3v) is 7.87. The number of aliphatic hydroxyl groups excluding tert-OH is 1. The number of anilines is 2. The molecular weight excluding hydrogens is 504 g/mol. The van der Waals surface area contributed by atoms with Gasteiger partial charge in [-0.2, -0.15) is 0 Å². The van der Waals surface area contributed by atoms with Gasteiger partial charge in [-0.3, -0.25) is 9.59 Å². The van der Waals surface area contributed by atoms with Crippen LogP contribution in [0.2, 0.25) is 0 Å². The Balaban J connectivity index is 1.25. The Morgan fingerprint density at radius 2 is 1.82 bits per heavy atom. The van der Waals surface area contributed by atoms with Gasteiger partial charge in [-0.1, -0.05) is 42.5 Å². The van der Waals surface area contributed by atoms with E-state index in [0.29, 0.717) is 17.4 Å². The maximum Gasteiger partial charge on any atom is 0.263 e. The van der Waals surface area contributed by atoms with E-state index in [1.807, 2.05) is 55.6 Å². The molecule has 0 radical (unpaired) electrons. The number of nitrogens with one attached hydrogen (secondary N) is 1. The van der Waals surface area contributed by atoms with Gasteiger partial charge in [0.25, 0.3) is 11.5 Å². The summed E-state index contributed by atoms with van der Waals surface area (Å²) < 4.78 is 3.70. The summed E-state index contributed by atoms with van der Waals surface area (Å²) in [5.74, 6) is 0.243. The van der Waals surface area contributed by atoms with Crippen LogP contribution in [0.3, 0.4) is 0 Å². The van der Waals surface area contributed by atoms with Crippen molar-refractivity contribution >= 4 is 28.4 Å². The minimum absolute atomic E-state index is 0.0732. The molecule has 1 fully saturated rings. The van der Waals surface area contributed by atoms with E-state index in [1.54, 1.807) is 35.0 Å². The quantitative estimate of drug-likeness (QED) is 0.279. The molecule has 4 N–H and O–H groups in total. The molecule has 1 aliphatic rings. The summed E-state index contributed by atoms with van der Waals surface area (Å²) in [6, 6.07) is 20.4. The van der Waals surface area contributed by atoms with Crippen LogP contribution in [0, 0.1) is 5.92 Å². The fourth-order valence-electron chi connectivity index (χ4n) is 5.49. The lowest BCUT2D eigenvalue weighted by molar-refractivity contribution is 0.102. The number of aliphatic hydroxyl groups is 1. The molecule has 1 saturated carbocycles. The highest BCUT2D eigenvalue weighted by Gasteiger charge is 2.32. The van der Waals surface area contributed by atoms with Crippen LogP contribution in [-0.2, 0) is 0 Å². The number of carbonyl (C=O) groups excluding carboxylic acids is 1. The first kappa shape index (κ1) is 25.5. The van der Waals surface area contributed by atoms with Gasteiger partial charge in [0.2, 0.25) is 0 Å². The second kappa shape index (κ2) is 10.4. The average molecular weight is 535 g/mol. The predicted molar refractivity (Wildman–Crippen MR) is 155 cm³/mol. The van der Waals surface area contributed by atoms with Gasteiger partial charge in [0.15, 0.2) is 0 Å². The molecule has 9 heteroatoms. The van der Waals surface area contributed by atoms with E-state index in [0.717, 1.165) is 40.6 Å². The number of pyridine rings is 1. The molecule has 1 amide bonds. The molecule has 0 aliphatic heterocycles. The van der Waals surface area contributed by atoms with Gasteiger partial charge in [0.1, 0.15) is 23.4 Å². The maximum absolute atomic E-state index is 13.2. The van der Waals surface area contributed by atoms with E-state index in [9.17, 15) is 14.7 Å². The Kier molecular flexibility index (Phi) is 6.65. The van der Waals surface area contributed by atoms with Crippen molar-refractivity contribution in [2.45, 2.75) is 31.8 Å². The van der Waals surface area contributed by atoms with Crippen molar-refractivity contribution in [1.29, 1.82) is 0 Å². The van der Waals surface area contributed by atoms with Crippen LogP contribution < -0.4 is 16.6 Å².